The summed E-state index contributed by atoms with van der Waals surface area (Å²) >= 11 is 0. The van der Waals surface area contributed by atoms with Gasteiger partial charge in [-0.15, -0.1) is 4.90 Å². The lowest BCUT2D eigenvalue weighted by Crippen LogP contribution is -2.46. The van der Waals surface area contributed by atoms with E-state index in [1.807, 2.05) is 0 Å². The van der Waals surface area contributed by atoms with Crippen LogP contribution in [0.15, 0.2) is 48.7 Å². The Morgan fingerprint density at radius 3 is 1.56 bits per heavy atom. The third-order valence-electron chi connectivity index (χ3n) is 6.96. The van der Waals surface area contributed by atoms with Gasteiger partial charge >= 0.3 is 30.5 Å². The van der Waals surface area contributed by atoms with Crippen molar-refractivity contribution in [1.29, 1.82) is 0 Å². The summed E-state index contributed by atoms with van der Waals surface area (Å²) in [7, 11) is 0. The molecule has 4 rings (SSSR count). The highest BCUT2D eigenvalue weighted by Crippen LogP contribution is 2.37. The van der Waals surface area contributed by atoms with Crippen molar-refractivity contribution in [3.8, 4) is 0 Å². The van der Waals surface area contributed by atoms with Gasteiger partial charge in [0.2, 0.25) is 5.95 Å². The molecule has 0 spiro atoms. The van der Waals surface area contributed by atoms with Gasteiger partial charge in [0.15, 0.2) is 5.82 Å². The maximum Gasteiger partial charge on any atom is 0.427 e. The molecule has 0 atom stereocenters. The van der Waals surface area contributed by atoms with E-state index in [9.17, 15) is 32.3 Å². The first-order valence-corrected chi connectivity index (χ1v) is 17.0. The van der Waals surface area contributed by atoms with Gasteiger partial charge in [-0.05, 0) is 113 Å². The average molecular weight is 758 g/mol. The molecule has 0 fully saturated rings. The fourth-order valence-corrected chi connectivity index (χ4v) is 5.11. The van der Waals surface area contributed by atoms with E-state index in [0.29, 0.717) is 20.7 Å². The normalized spacial score (nSPS) is 12.7. The summed E-state index contributed by atoms with van der Waals surface area (Å²) < 4.78 is 65.6. The second kappa shape index (κ2) is 14.4. The molecule has 0 saturated heterocycles. The molecule has 0 bridgehead atoms. The molecule has 54 heavy (non-hydrogen) atoms. The summed E-state index contributed by atoms with van der Waals surface area (Å²) in [6.45, 7) is 18.7. The van der Waals surface area contributed by atoms with Gasteiger partial charge in [-0.1, -0.05) is 18.2 Å². The summed E-state index contributed by atoms with van der Waals surface area (Å²) in [6, 6.07) is 9.72. The number of anilines is 2. The van der Waals surface area contributed by atoms with Crippen LogP contribution in [-0.2, 0) is 31.7 Å². The molecule has 0 aliphatic rings. The number of nitrogens with zero attached hydrogens (tertiary/aromatic N) is 5. The predicted molar refractivity (Wildman–Crippen MR) is 195 cm³/mol. The number of alkyl halides is 3. The van der Waals surface area contributed by atoms with E-state index in [4.69, 9.17) is 18.9 Å². The Morgan fingerprint density at radius 1 is 0.630 bits per heavy atom. The number of fused-ring (bicyclic) bond motifs is 3. The fourth-order valence-electron chi connectivity index (χ4n) is 5.11. The van der Waals surface area contributed by atoms with Gasteiger partial charge in [0.05, 0.1) is 16.5 Å². The molecule has 0 aliphatic heterocycles. The van der Waals surface area contributed by atoms with Crippen molar-refractivity contribution in [2.75, 3.05) is 9.80 Å². The molecular weight excluding hydrogens is 711 g/mol. The van der Waals surface area contributed by atoms with Crippen molar-refractivity contribution in [3.05, 3.63) is 59.8 Å². The number of benzene rings is 2. The van der Waals surface area contributed by atoms with E-state index in [1.54, 1.807) is 99.8 Å². The van der Waals surface area contributed by atoms with E-state index in [0.717, 1.165) is 6.07 Å². The summed E-state index contributed by atoms with van der Waals surface area (Å²) in [5.74, 6) is -1.09. The van der Waals surface area contributed by atoms with Crippen molar-refractivity contribution in [1.82, 2.24) is 14.5 Å². The molecule has 0 saturated carbocycles. The molecule has 16 heteroatoms. The third-order valence-corrected chi connectivity index (χ3v) is 6.96. The number of hydrogen-bond donors (Lipinski definition) is 0. The van der Waals surface area contributed by atoms with Crippen LogP contribution in [0, 0.1) is 0 Å². The number of carbonyl (C=O) groups excluding carboxylic acids is 4. The molecule has 2 heterocycles. The molecule has 2 aromatic heterocycles. The van der Waals surface area contributed by atoms with Gasteiger partial charge in [-0.2, -0.15) is 23.1 Å². The Labute approximate surface area is 311 Å². The van der Waals surface area contributed by atoms with Crippen LogP contribution in [0.1, 0.15) is 94.2 Å². The van der Waals surface area contributed by atoms with Crippen molar-refractivity contribution in [3.63, 3.8) is 0 Å². The molecule has 0 N–H and O–H groups in total. The fraction of sp³-hybridized carbons (Fsp3) is 0.474. The Balaban J connectivity index is 2.10. The monoisotopic (exact) mass is 757 g/mol. The molecule has 13 nitrogen and oxygen atoms in total. The molecular formula is C38H46F3N5O8. The number of ether oxygens (including phenoxy) is 4. The second-order valence-electron chi connectivity index (χ2n) is 16.4. The van der Waals surface area contributed by atoms with E-state index in [1.165, 1.54) is 30.5 Å². The van der Waals surface area contributed by atoms with Crippen LogP contribution in [-0.4, -0.2) is 61.3 Å². The van der Waals surface area contributed by atoms with Gasteiger partial charge in [-0.25, -0.2) is 24.2 Å². The number of imide groups is 2. The summed E-state index contributed by atoms with van der Waals surface area (Å²) in [6.07, 6.45) is -7.97. The smallest absolute Gasteiger partial charge is 0.427 e. The van der Waals surface area contributed by atoms with Crippen molar-refractivity contribution in [2.24, 2.45) is 0 Å². The minimum atomic E-state index is -4.61. The minimum absolute atomic E-state index is 0.0103. The number of aromatic nitrogens is 3. The molecule has 2 aromatic carbocycles. The number of hydrogen-bond acceptors (Lipinski definition) is 10. The maximum absolute atomic E-state index is 14.0. The summed E-state index contributed by atoms with van der Waals surface area (Å²) in [4.78, 5) is 65.3. The topological polar surface area (TPSA) is 142 Å². The lowest BCUT2D eigenvalue weighted by Gasteiger charge is -2.30. The van der Waals surface area contributed by atoms with Crippen LogP contribution < -0.4 is 9.80 Å². The number of rotatable bonds is 4. The maximum atomic E-state index is 14.0. The zero-order valence-electron chi connectivity index (χ0n) is 32.5. The van der Waals surface area contributed by atoms with Gasteiger partial charge in [0.1, 0.15) is 22.4 Å². The molecule has 0 unspecified atom stereocenters. The molecule has 4 aromatic rings. The molecule has 4 amide bonds. The summed E-state index contributed by atoms with van der Waals surface area (Å²) in [5.41, 5.74) is -4.90. The van der Waals surface area contributed by atoms with E-state index < -0.39 is 70.3 Å². The lowest BCUT2D eigenvalue weighted by atomic mass is 10.1. The van der Waals surface area contributed by atoms with Crippen LogP contribution in [0.25, 0.3) is 21.8 Å². The second-order valence-corrected chi connectivity index (χ2v) is 16.4. The van der Waals surface area contributed by atoms with Crippen LogP contribution in [0.3, 0.4) is 0 Å². The highest BCUT2D eigenvalue weighted by molar-refractivity contribution is 6.20. The Bertz CT molecular complexity index is 2030. The Morgan fingerprint density at radius 2 is 1.09 bits per heavy atom. The first kappa shape index (κ1) is 41.3. The van der Waals surface area contributed by atoms with Gasteiger partial charge < -0.3 is 23.5 Å². The van der Waals surface area contributed by atoms with Crippen molar-refractivity contribution in [2.45, 2.75) is 118 Å². The van der Waals surface area contributed by atoms with Crippen LogP contribution in [0.2, 0.25) is 0 Å². The SMILES string of the molecule is CC(C)(C)OC(=O)N(C(=O)OC(C)(C)C)c1nc(N(C(=O)OC(C)(C)C)C(=O)OC(C)(C)C)c2c(ccc3c2ccn3Cc2ccccc2C(F)(F)F)n1. The van der Waals surface area contributed by atoms with E-state index in [-0.39, 0.29) is 23.0 Å². The van der Waals surface area contributed by atoms with Crippen LogP contribution >= 0.6 is 0 Å². The third kappa shape index (κ3) is 10.2. The molecule has 292 valence electrons. The van der Waals surface area contributed by atoms with Gasteiger partial charge in [0, 0.05) is 23.6 Å². The van der Waals surface area contributed by atoms with Gasteiger partial charge in [0.25, 0.3) is 0 Å². The molecule has 0 radical (unpaired) electrons. The Hall–Kier alpha value is -5.41. The van der Waals surface area contributed by atoms with Crippen LogP contribution in [0.4, 0.5) is 44.1 Å². The highest BCUT2D eigenvalue weighted by Gasteiger charge is 2.40. The van der Waals surface area contributed by atoms with E-state index in [2.05, 4.69) is 9.97 Å². The minimum Gasteiger partial charge on any atom is -0.443 e. The quantitative estimate of drug-likeness (QED) is 0.185. The Kier molecular flexibility index (Phi) is 11.1. The first-order chi connectivity index (χ1) is 24.5. The summed E-state index contributed by atoms with van der Waals surface area (Å²) in [5, 5.41) is 0.348. The highest BCUT2D eigenvalue weighted by atomic mass is 19.4. The number of amides is 4. The van der Waals surface area contributed by atoms with Crippen molar-refractivity contribution < 1.29 is 51.3 Å². The standard InChI is InChI=1S/C38H46F3N5O8/c1-34(2,3)51-30(47)45(31(48)52-35(4,5)6)28-27-23-19-20-44(21-22-15-13-14-16-24(22)38(39,40)41)26(23)18-17-25(27)42-29(43-28)46(32(49)53-36(7,8)9)33(50)54-37(10,11)12/h13-20H,21H2,1-12H3. The zero-order valence-corrected chi connectivity index (χ0v) is 32.5. The average Bonchev–Trinajstić information content (AvgIpc) is 3.35. The zero-order chi connectivity index (χ0) is 40.8. The lowest BCUT2D eigenvalue weighted by molar-refractivity contribution is -0.138. The van der Waals surface area contributed by atoms with Gasteiger partial charge in [-0.3, -0.25) is 0 Å². The number of carbonyl (C=O) groups is 4. The van der Waals surface area contributed by atoms with Crippen molar-refractivity contribution >= 4 is 57.9 Å². The van der Waals surface area contributed by atoms with Crippen LogP contribution in [0.5, 0.6) is 0 Å². The van der Waals surface area contributed by atoms with E-state index >= 15 is 0 Å². The first-order valence-electron chi connectivity index (χ1n) is 17.0. The number of halogens is 3. The largest absolute Gasteiger partial charge is 0.443 e. The molecule has 0 aliphatic carbocycles. The predicted octanol–water partition coefficient (Wildman–Crippen LogP) is 10.0.